The van der Waals surface area contributed by atoms with Crippen molar-refractivity contribution in [2.45, 2.75) is 0 Å². The van der Waals surface area contributed by atoms with Gasteiger partial charge in [0.1, 0.15) is 11.1 Å². The van der Waals surface area contributed by atoms with E-state index in [2.05, 4.69) is 5.32 Å². The van der Waals surface area contributed by atoms with Gasteiger partial charge in [-0.1, -0.05) is 53.0 Å². The van der Waals surface area contributed by atoms with Crippen LogP contribution in [0, 0.1) is 0 Å². The molecule has 1 heterocycles. The first-order valence-corrected chi connectivity index (χ1v) is 7.58. The average molecular weight is 369 g/mol. The van der Waals surface area contributed by atoms with Crippen LogP contribution < -0.4 is 10.9 Å². The molecule has 0 aliphatic heterocycles. The third-order valence-corrected chi connectivity index (χ3v) is 4.18. The van der Waals surface area contributed by atoms with E-state index in [0.717, 1.165) is 0 Å². The van der Waals surface area contributed by atoms with Gasteiger partial charge < -0.3 is 9.73 Å². The number of benzene rings is 2. The zero-order valence-corrected chi connectivity index (χ0v) is 13.7. The molecular formula is C16H8Cl3NO3. The number of para-hydroxylation sites is 1. The van der Waals surface area contributed by atoms with Gasteiger partial charge in [0, 0.05) is 5.39 Å². The summed E-state index contributed by atoms with van der Waals surface area (Å²) in [6.45, 7) is 0. The first-order chi connectivity index (χ1) is 11.0. The second-order valence-electron chi connectivity index (χ2n) is 4.69. The van der Waals surface area contributed by atoms with E-state index in [9.17, 15) is 9.59 Å². The monoisotopic (exact) mass is 367 g/mol. The first kappa shape index (κ1) is 15.9. The molecule has 2 aromatic carbocycles. The minimum absolute atomic E-state index is 0.133. The molecule has 23 heavy (non-hydrogen) atoms. The van der Waals surface area contributed by atoms with Crippen molar-refractivity contribution in [1.29, 1.82) is 0 Å². The van der Waals surface area contributed by atoms with Gasteiger partial charge in [-0.3, -0.25) is 4.79 Å². The van der Waals surface area contributed by atoms with Crippen molar-refractivity contribution in [2.24, 2.45) is 0 Å². The third kappa shape index (κ3) is 3.20. The topological polar surface area (TPSA) is 59.3 Å². The van der Waals surface area contributed by atoms with Gasteiger partial charge in [0.2, 0.25) is 0 Å². The molecule has 0 atom stereocenters. The fraction of sp³-hybridized carbons (Fsp3) is 0. The standard InChI is InChI=1S/C16H8Cl3NO3/c17-10-6-12(19)13(7-11(10)18)20-15(21)9-5-8-3-1-2-4-14(8)23-16(9)22/h1-7H,(H,20,21). The third-order valence-electron chi connectivity index (χ3n) is 3.14. The Morgan fingerprint density at radius 3 is 2.43 bits per heavy atom. The maximum atomic E-state index is 12.3. The Bertz CT molecular complexity index is 982. The Balaban J connectivity index is 1.99. The minimum atomic E-state index is -0.739. The molecule has 0 aliphatic rings. The van der Waals surface area contributed by atoms with Crippen LogP contribution in [0.1, 0.15) is 10.4 Å². The lowest BCUT2D eigenvalue weighted by atomic mass is 10.1. The number of anilines is 1. The van der Waals surface area contributed by atoms with Gasteiger partial charge in [0.15, 0.2) is 0 Å². The summed E-state index contributed by atoms with van der Waals surface area (Å²) in [4.78, 5) is 24.3. The molecule has 3 rings (SSSR count). The summed E-state index contributed by atoms with van der Waals surface area (Å²) in [5.74, 6) is -0.648. The van der Waals surface area contributed by atoms with Gasteiger partial charge in [-0.25, -0.2) is 4.79 Å². The van der Waals surface area contributed by atoms with E-state index < -0.39 is 11.5 Å². The molecule has 7 heteroatoms. The lowest BCUT2D eigenvalue weighted by molar-refractivity contribution is 0.102. The molecular weight excluding hydrogens is 361 g/mol. The Morgan fingerprint density at radius 2 is 1.65 bits per heavy atom. The van der Waals surface area contributed by atoms with Crippen LogP contribution in [0.4, 0.5) is 5.69 Å². The molecule has 116 valence electrons. The summed E-state index contributed by atoms with van der Waals surface area (Å²) in [5.41, 5.74) is -0.219. The lowest BCUT2D eigenvalue weighted by Gasteiger charge is -2.08. The number of hydrogen-bond acceptors (Lipinski definition) is 3. The fourth-order valence-corrected chi connectivity index (χ4v) is 2.62. The fourth-order valence-electron chi connectivity index (χ4n) is 2.03. The largest absolute Gasteiger partial charge is 0.422 e. The molecule has 0 saturated heterocycles. The molecule has 0 fully saturated rings. The van der Waals surface area contributed by atoms with Crippen LogP contribution in [0.15, 0.2) is 51.7 Å². The molecule has 3 aromatic rings. The SMILES string of the molecule is O=C(Nc1cc(Cl)c(Cl)cc1Cl)c1cc2ccccc2oc1=O. The van der Waals surface area contributed by atoms with Gasteiger partial charge in [0.25, 0.3) is 5.91 Å². The molecule has 1 amide bonds. The van der Waals surface area contributed by atoms with Crippen molar-refractivity contribution in [3.05, 3.63) is 73.5 Å². The molecule has 0 unspecified atom stereocenters. The zero-order valence-electron chi connectivity index (χ0n) is 11.4. The van der Waals surface area contributed by atoms with Crippen LogP contribution in [-0.4, -0.2) is 5.91 Å². The van der Waals surface area contributed by atoms with Crippen LogP contribution in [0.25, 0.3) is 11.0 Å². The highest BCUT2D eigenvalue weighted by Gasteiger charge is 2.16. The number of rotatable bonds is 2. The Hall–Kier alpha value is -2.01. The minimum Gasteiger partial charge on any atom is -0.422 e. The van der Waals surface area contributed by atoms with Gasteiger partial charge in [-0.15, -0.1) is 0 Å². The van der Waals surface area contributed by atoms with Crippen LogP contribution in [-0.2, 0) is 0 Å². The van der Waals surface area contributed by atoms with Crippen molar-refractivity contribution in [1.82, 2.24) is 0 Å². The summed E-state index contributed by atoms with van der Waals surface area (Å²) >= 11 is 17.7. The van der Waals surface area contributed by atoms with E-state index in [1.54, 1.807) is 24.3 Å². The number of carbonyl (C=O) groups excluding carboxylic acids is 1. The van der Waals surface area contributed by atoms with Crippen LogP contribution in [0.3, 0.4) is 0 Å². The van der Waals surface area contributed by atoms with Crippen LogP contribution in [0.2, 0.25) is 15.1 Å². The maximum absolute atomic E-state index is 12.3. The van der Waals surface area contributed by atoms with E-state index in [4.69, 9.17) is 39.2 Å². The molecule has 1 N–H and O–H groups in total. The number of halogens is 3. The van der Waals surface area contributed by atoms with Gasteiger partial charge in [0.05, 0.1) is 20.8 Å². The predicted molar refractivity (Wildman–Crippen MR) is 91.9 cm³/mol. The number of nitrogens with one attached hydrogen (secondary N) is 1. The van der Waals surface area contributed by atoms with E-state index >= 15 is 0 Å². The smallest absolute Gasteiger partial charge is 0.349 e. The van der Waals surface area contributed by atoms with Crippen LogP contribution in [0.5, 0.6) is 0 Å². The highest BCUT2D eigenvalue weighted by Crippen LogP contribution is 2.32. The van der Waals surface area contributed by atoms with Gasteiger partial charge in [-0.2, -0.15) is 0 Å². The Morgan fingerprint density at radius 1 is 0.957 bits per heavy atom. The molecule has 0 aliphatic carbocycles. The number of amides is 1. The molecule has 0 saturated carbocycles. The van der Waals surface area contributed by atoms with Gasteiger partial charge >= 0.3 is 5.63 Å². The molecule has 0 spiro atoms. The van der Waals surface area contributed by atoms with Crippen molar-refractivity contribution in [3.8, 4) is 0 Å². The van der Waals surface area contributed by atoms with Gasteiger partial charge in [-0.05, 0) is 24.3 Å². The first-order valence-electron chi connectivity index (χ1n) is 6.44. The zero-order chi connectivity index (χ0) is 16.6. The van der Waals surface area contributed by atoms with Crippen molar-refractivity contribution >= 4 is 57.4 Å². The second kappa shape index (κ2) is 6.24. The number of carbonyl (C=O) groups is 1. The molecule has 1 aromatic heterocycles. The number of fused-ring (bicyclic) bond motifs is 1. The molecule has 0 radical (unpaired) electrons. The highest BCUT2D eigenvalue weighted by molar-refractivity contribution is 6.44. The Kier molecular flexibility index (Phi) is 4.31. The van der Waals surface area contributed by atoms with Crippen LogP contribution >= 0.6 is 34.8 Å². The van der Waals surface area contributed by atoms with E-state index in [-0.39, 0.29) is 26.3 Å². The summed E-state index contributed by atoms with van der Waals surface area (Å²) in [6.07, 6.45) is 0. The average Bonchev–Trinajstić information content (AvgIpc) is 2.51. The van der Waals surface area contributed by atoms with Crippen molar-refractivity contribution in [2.75, 3.05) is 5.32 Å². The number of hydrogen-bond donors (Lipinski definition) is 1. The van der Waals surface area contributed by atoms with E-state index in [1.165, 1.54) is 18.2 Å². The van der Waals surface area contributed by atoms with Crippen molar-refractivity contribution in [3.63, 3.8) is 0 Å². The maximum Gasteiger partial charge on any atom is 0.349 e. The summed E-state index contributed by atoms with van der Waals surface area (Å²) in [7, 11) is 0. The highest BCUT2D eigenvalue weighted by atomic mass is 35.5. The van der Waals surface area contributed by atoms with E-state index in [0.29, 0.717) is 11.0 Å². The summed E-state index contributed by atoms with van der Waals surface area (Å²) in [6, 6.07) is 11.2. The summed E-state index contributed by atoms with van der Waals surface area (Å²) < 4.78 is 5.13. The second-order valence-corrected chi connectivity index (χ2v) is 5.91. The van der Waals surface area contributed by atoms with Crippen molar-refractivity contribution < 1.29 is 9.21 Å². The lowest BCUT2D eigenvalue weighted by Crippen LogP contribution is -2.20. The Labute approximate surface area is 145 Å². The summed E-state index contributed by atoms with van der Waals surface area (Å²) in [5, 5.41) is 3.87. The van der Waals surface area contributed by atoms with E-state index in [1.807, 2.05) is 0 Å². The predicted octanol–water partition coefficient (Wildman–Crippen LogP) is 5.01. The quantitative estimate of drug-likeness (QED) is 0.511. The normalized spacial score (nSPS) is 10.7. The molecule has 4 nitrogen and oxygen atoms in total. The molecule has 0 bridgehead atoms.